The molecule has 5 rings (SSSR count). The molecule has 4 aliphatic rings. The lowest BCUT2D eigenvalue weighted by Crippen LogP contribution is -2.46. The molecule has 1 aromatic rings. The van der Waals surface area contributed by atoms with E-state index < -0.39 is 18.0 Å². The first-order valence-corrected chi connectivity index (χ1v) is 11.9. The van der Waals surface area contributed by atoms with Gasteiger partial charge in [0.1, 0.15) is 0 Å². The number of rotatable bonds is 7. The normalized spacial score (nSPS) is 24.4. The van der Waals surface area contributed by atoms with Gasteiger partial charge in [0.25, 0.3) is 5.95 Å². The van der Waals surface area contributed by atoms with Crippen molar-refractivity contribution in [2.24, 2.45) is 11.8 Å². The number of anilines is 1. The van der Waals surface area contributed by atoms with E-state index in [1.165, 1.54) is 64.5 Å². The van der Waals surface area contributed by atoms with Gasteiger partial charge in [-0.2, -0.15) is 4.98 Å². The maximum Gasteiger partial charge on any atom is 0.414 e. The molecule has 0 spiro atoms. The first kappa shape index (κ1) is 24.9. The van der Waals surface area contributed by atoms with Crippen molar-refractivity contribution in [3.63, 3.8) is 0 Å². The minimum absolute atomic E-state index is 0.216. The molecule has 0 aromatic carbocycles. The highest BCUT2D eigenvalue weighted by atomic mass is 16.5. The molecule has 33 heavy (non-hydrogen) atoms. The van der Waals surface area contributed by atoms with Gasteiger partial charge in [-0.3, -0.25) is 5.32 Å². The number of carboxylic acids is 2. The van der Waals surface area contributed by atoms with Crippen LogP contribution in [0.4, 0.5) is 10.7 Å². The second-order valence-corrected chi connectivity index (χ2v) is 9.07. The number of fused-ring (bicyclic) bond motifs is 3. The van der Waals surface area contributed by atoms with Crippen molar-refractivity contribution in [2.75, 3.05) is 31.6 Å². The molecule has 2 bridgehead atoms. The topological polar surface area (TPSA) is 155 Å². The number of aromatic nitrogens is 2. The predicted octanol–water partition coefficient (Wildman–Crippen LogP) is 3.33. The van der Waals surface area contributed by atoms with Gasteiger partial charge in [0, 0.05) is 6.54 Å². The number of ether oxygens (including phenoxy) is 1. The standard InChI is InChI=1S/C20H32N4O3.C2H2O4/c25-20(26-13-5-4-8-15-6-2-1-3-7-15)22-19-21-18(27-23-19)17-14-24-11-9-16(17)10-12-24;3-1(4)2(5)6/h15-17H,1-14H2,(H,22,23,25);(H,3,4)(H,5,6). The third kappa shape index (κ3) is 7.99. The summed E-state index contributed by atoms with van der Waals surface area (Å²) in [6.07, 6.45) is 12.1. The number of amides is 1. The molecule has 184 valence electrons. The van der Waals surface area contributed by atoms with Crippen LogP contribution in [0.3, 0.4) is 0 Å². The number of nitrogens with one attached hydrogen (secondary N) is 1. The van der Waals surface area contributed by atoms with Crippen molar-refractivity contribution in [1.29, 1.82) is 0 Å². The number of aliphatic carboxylic acids is 2. The molecule has 1 aromatic heterocycles. The molecule has 4 heterocycles. The number of piperidine rings is 3. The highest BCUT2D eigenvalue weighted by Crippen LogP contribution is 2.38. The summed E-state index contributed by atoms with van der Waals surface area (Å²) in [6.45, 7) is 3.78. The second-order valence-electron chi connectivity index (χ2n) is 9.07. The number of nitrogens with zero attached hydrogens (tertiary/aromatic N) is 3. The molecule has 1 saturated carbocycles. The first-order chi connectivity index (χ1) is 15.9. The Kier molecular flexibility index (Phi) is 9.47. The van der Waals surface area contributed by atoms with Crippen molar-refractivity contribution < 1.29 is 33.9 Å². The molecular weight excluding hydrogens is 432 g/mol. The SMILES string of the molecule is O=C(Nc1noc(C2CN3CCC2CC3)n1)OCCCCC1CCCCC1.O=C(O)C(=O)O. The number of carboxylic acid groups (broad SMARTS) is 2. The van der Waals surface area contributed by atoms with E-state index in [0.29, 0.717) is 24.3 Å². The second kappa shape index (κ2) is 12.5. The average molecular weight is 467 g/mol. The van der Waals surface area contributed by atoms with Gasteiger partial charge in [0.2, 0.25) is 5.89 Å². The molecule has 4 fully saturated rings. The number of hydrogen-bond donors (Lipinski definition) is 3. The van der Waals surface area contributed by atoms with Crippen LogP contribution in [-0.4, -0.2) is 69.5 Å². The highest BCUT2D eigenvalue weighted by Gasteiger charge is 2.38. The molecule has 3 aliphatic heterocycles. The van der Waals surface area contributed by atoms with Gasteiger partial charge in [-0.1, -0.05) is 38.5 Å². The lowest BCUT2D eigenvalue weighted by molar-refractivity contribution is -0.159. The maximum atomic E-state index is 11.9. The summed E-state index contributed by atoms with van der Waals surface area (Å²) in [7, 11) is 0. The average Bonchev–Trinajstić information content (AvgIpc) is 3.29. The van der Waals surface area contributed by atoms with Gasteiger partial charge in [0.15, 0.2) is 0 Å². The monoisotopic (exact) mass is 466 g/mol. The van der Waals surface area contributed by atoms with Crippen LogP contribution in [0.1, 0.15) is 76.0 Å². The molecule has 3 N–H and O–H groups in total. The lowest BCUT2D eigenvalue weighted by atomic mass is 9.79. The van der Waals surface area contributed by atoms with Gasteiger partial charge in [-0.25, -0.2) is 14.4 Å². The molecule has 1 unspecified atom stereocenters. The maximum absolute atomic E-state index is 11.9. The van der Waals surface area contributed by atoms with E-state index in [-0.39, 0.29) is 5.95 Å². The Morgan fingerprint density at radius 1 is 1.03 bits per heavy atom. The number of carbonyl (C=O) groups is 3. The fourth-order valence-electron chi connectivity index (χ4n) is 4.98. The van der Waals surface area contributed by atoms with Crippen LogP contribution in [0.5, 0.6) is 0 Å². The predicted molar refractivity (Wildman–Crippen MR) is 117 cm³/mol. The summed E-state index contributed by atoms with van der Waals surface area (Å²) in [6, 6.07) is 0. The Labute approximate surface area is 192 Å². The molecular formula is C22H34N4O7. The van der Waals surface area contributed by atoms with Crippen LogP contribution >= 0.6 is 0 Å². The van der Waals surface area contributed by atoms with Gasteiger partial charge < -0.3 is 24.4 Å². The first-order valence-electron chi connectivity index (χ1n) is 11.9. The van der Waals surface area contributed by atoms with Gasteiger partial charge in [-0.15, -0.1) is 0 Å². The Morgan fingerprint density at radius 2 is 1.73 bits per heavy atom. The Morgan fingerprint density at radius 3 is 2.33 bits per heavy atom. The van der Waals surface area contributed by atoms with Gasteiger partial charge >= 0.3 is 18.0 Å². The van der Waals surface area contributed by atoms with Crippen LogP contribution in [0.2, 0.25) is 0 Å². The zero-order valence-electron chi connectivity index (χ0n) is 18.9. The van der Waals surface area contributed by atoms with Crippen molar-refractivity contribution in [2.45, 2.75) is 70.1 Å². The minimum Gasteiger partial charge on any atom is -0.473 e. The quantitative estimate of drug-likeness (QED) is 0.402. The minimum atomic E-state index is -1.82. The van der Waals surface area contributed by atoms with E-state index in [2.05, 4.69) is 20.4 Å². The van der Waals surface area contributed by atoms with Crippen LogP contribution in [-0.2, 0) is 14.3 Å². The molecule has 0 radical (unpaired) electrons. The number of carbonyl (C=O) groups excluding carboxylic acids is 1. The molecule has 11 heteroatoms. The molecule has 1 amide bonds. The van der Waals surface area contributed by atoms with Crippen LogP contribution in [0.25, 0.3) is 0 Å². The summed E-state index contributed by atoms with van der Waals surface area (Å²) >= 11 is 0. The lowest BCUT2D eigenvalue weighted by Gasteiger charge is -2.43. The summed E-state index contributed by atoms with van der Waals surface area (Å²) < 4.78 is 10.7. The Balaban J connectivity index is 0.000000454. The van der Waals surface area contributed by atoms with E-state index in [4.69, 9.17) is 29.1 Å². The third-order valence-electron chi connectivity index (χ3n) is 6.78. The molecule has 1 atom stereocenters. The molecule has 3 saturated heterocycles. The van der Waals surface area contributed by atoms with Gasteiger partial charge in [0.05, 0.1) is 12.5 Å². The van der Waals surface area contributed by atoms with Crippen molar-refractivity contribution >= 4 is 24.0 Å². The Hall–Kier alpha value is -2.69. The van der Waals surface area contributed by atoms with Crippen LogP contribution in [0, 0.1) is 11.8 Å². The summed E-state index contributed by atoms with van der Waals surface area (Å²) in [5, 5.41) is 21.3. The van der Waals surface area contributed by atoms with Crippen LogP contribution < -0.4 is 5.32 Å². The highest BCUT2D eigenvalue weighted by molar-refractivity contribution is 6.27. The van der Waals surface area contributed by atoms with Crippen molar-refractivity contribution in [3.8, 4) is 0 Å². The van der Waals surface area contributed by atoms with Crippen molar-refractivity contribution in [1.82, 2.24) is 15.0 Å². The third-order valence-corrected chi connectivity index (χ3v) is 6.78. The molecule has 11 nitrogen and oxygen atoms in total. The van der Waals surface area contributed by atoms with E-state index in [1.54, 1.807) is 0 Å². The number of unbranched alkanes of at least 4 members (excludes halogenated alkanes) is 1. The molecule has 1 aliphatic carbocycles. The van der Waals surface area contributed by atoms with E-state index >= 15 is 0 Å². The fraction of sp³-hybridized carbons (Fsp3) is 0.773. The smallest absolute Gasteiger partial charge is 0.414 e. The summed E-state index contributed by atoms with van der Waals surface area (Å²) in [5.41, 5.74) is 0. The number of hydrogen-bond acceptors (Lipinski definition) is 8. The van der Waals surface area contributed by atoms with Gasteiger partial charge in [-0.05, 0) is 55.8 Å². The largest absolute Gasteiger partial charge is 0.473 e. The Bertz CT molecular complexity index is 773. The van der Waals surface area contributed by atoms with Crippen molar-refractivity contribution in [3.05, 3.63) is 5.89 Å². The summed E-state index contributed by atoms with van der Waals surface area (Å²) in [4.78, 5) is 37.0. The van der Waals surface area contributed by atoms with E-state index in [0.717, 1.165) is 25.3 Å². The zero-order valence-corrected chi connectivity index (χ0v) is 18.9. The van der Waals surface area contributed by atoms with E-state index in [1.807, 2.05) is 0 Å². The zero-order chi connectivity index (χ0) is 23.6. The van der Waals surface area contributed by atoms with E-state index in [9.17, 15) is 4.79 Å². The fourth-order valence-corrected chi connectivity index (χ4v) is 4.98. The van der Waals surface area contributed by atoms with Crippen LogP contribution in [0.15, 0.2) is 4.52 Å². The summed E-state index contributed by atoms with van der Waals surface area (Å²) in [5.74, 6) is -0.978.